The van der Waals surface area contributed by atoms with Gasteiger partial charge in [0, 0.05) is 60.6 Å². The lowest BCUT2D eigenvalue weighted by molar-refractivity contribution is -0.0679. The lowest BCUT2D eigenvalue weighted by Crippen LogP contribution is -2.47. The molecule has 1 saturated heterocycles. The van der Waals surface area contributed by atoms with Gasteiger partial charge >= 0.3 is 0 Å². The minimum atomic E-state index is -0.684. The first-order valence-electron chi connectivity index (χ1n) is 10.8. The summed E-state index contributed by atoms with van der Waals surface area (Å²) in [6.45, 7) is 13.2. The van der Waals surface area contributed by atoms with Crippen LogP contribution in [0.1, 0.15) is 59.8 Å². The van der Waals surface area contributed by atoms with E-state index in [1.165, 1.54) is 0 Å². The number of hydrogen-bond donors (Lipinski definition) is 2. The highest BCUT2D eigenvalue weighted by atomic mass is 32.2. The molecule has 158 valence electrons. The van der Waals surface area contributed by atoms with Crippen LogP contribution in [-0.4, -0.2) is 77.0 Å². The van der Waals surface area contributed by atoms with Crippen molar-refractivity contribution in [2.45, 2.75) is 83.3 Å². The number of aliphatic imine (C=N–C) groups is 1. The van der Waals surface area contributed by atoms with Crippen LogP contribution in [0.5, 0.6) is 0 Å². The topological polar surface area (TPSA) is 66.0 Å². The number of rotatable bonds is 8. The third-order valence-corrected chi connectivity index (χ3v) is 7.11. The van der Waals surface area contributed by atoms with E-state index in [9.17, 15) is 4.21 Å². The highest BCUT2D eigenvalue weighted by Crippen LogP contribution is 2.23. The van der Waals surface area contributed by atoms with Crippen molar-refractivity contribution in [3.63, 3.8) is 0 Å². The van der Waals surface area contributed by atoms with Gasteiger partial charge in [0.25, 0.3) is 0 Å². The van der Waals surface area contributed by atoms with Crippen molar-refractivity contribution in [2.24, 2.45) is 4.99 Å². The molecule has 0 amide bonds. The van der Waals surface area contributed by atoms with Crippen molar-refractivity contribution in [2.75, 3.05) is 38.5 Å². The highest BCUT2D eigenvalue weighted by Gasteiger charge is 2.26. The average molecular weight is 401 g/mol. The van der Waals surface area contributed by atoms with E-state index in [-0.39, 0.29) is 0 Å². The van der Waals surface area contributed by atoms with Gasteiger partial charge in [-0.05, 0) is 46.5 Å². The molecule has 27 heavy (non-hydrogen) atoms. The van der Waals surface area contributed by atoms with E-state index in [0.29, 0.717) is 23.5 Å². The summed E-state index contributed by atoms with van der Waals surface area (Å²) in [5, 5.41) is 7.30. The molecule has 0 aromatic carbocycles. The molecule has 0 aromatic rings. The van der Waals surface area contributed by atoms with Gasteiger partial charge in [-0.25, -0.2) is 0 Å². The summed E-state index contributed by atoms with van der Waals surface area (Å²) >= 11 is 0. The van der Waals surface area contributed by atoms with Crippen molar-refractivity contribution in [1.82, 2.24) is 15.5 Å². The summed E-state index contributed by atoms with van der Waals surface area (Å²) < 4.78 is 18.0. The lowest BCUT2D eigenvalue weighted by Gasteiger charge is -2.35. The van der Waals surface area contributed by atoms with Gasteiger partial charge in [0.2, 0.25) is 0 Å². The second-order valence-corrected chi connectivity index (χ2v) is 9.94. The molecular weight excluding hydrogens is 360 g/mol. The number of guanidine groups is 1. The smallest absolute Gasteiger partial charge is 0.191 e. The second-order valence-electron chi connectivity index (χ2n) is 7.93. The standard InChI is InChI=1S/C20H40N4O2S/c1-5-21-20(23-18-9-7-10-19(13-18)27(25)6-2)22-11-8-12-24-14-16(3)26-17(4)15-24/h16-19H,5-15H2,1-4H3,(H2,21,22,23). The van der Waals surface area contributed by atoms with E-state index in [2.05, 4.69) is 36.3 Å². The average Bonchev–Trinajstić information content (AvgIpc) is 2.64. The van der Waals surface area contributed by atoms with E-state index >= 15 is 0 Å². The quantitative estimate of drug-likeness (QED) is 0.371. The van der Waals surface area contributed by atoms with Gasteiger partial charge in [0.15, 0.2) is 5.96 Å². The molecule has 1 heterocycles. The zero-order valence-corrected chi connectivity index (χ0v) is 18.5. The molecule has 7 heteroatoms. The first-order chi connectivity index (χ1) is 13.0. The number of nitrogens with one attached hydrogen (secondary N) is 2. The second kappa shape index (κ2) is 12.0. The Bertz CT molecular complexity index is 479. The van der Waals surface area contributed by atoms with Gasteiger partial charge in [-0.1, -0.05) is 13.3 Å². The monoisotopic (exact) mass is 400 g/mol. The van der Waals surface area contributed by atoms with Gasteiger partial charge in [0.05, 0.1) is 12.2 Å². The molecule has 2 rings (SSSR count). The van der Waals surface area contributed by atoms with Crippen LogP contribution >= 0.6 is 0 Å². The molecule has 5 atom stereocenters. The Morgan fingerprint density at radius 2 is 1.96 bits per heavy atom. The van der Waals surface area contributed by atoms with Crippen molar-refractivity contribution < 1.29 is 8.95 Å². The lowest BCUT2D eigenvalue weighted by atomic mass is 9.95. The minimum absolute atomic E-state index is 0.323. The number of ether oxygens (including phenoxy) is 1. The maximum absolute atomic E-state index is 12.2. The van der Waals surface area contributed by atoms with Crippen LogP contribution in [0, 0.1) is 0 Å². The van der Waals surface area contributed by atoms with Gasteiger partial charge < -0.3 is 15.4 Å². The molecule has 2 N–H and O–H groups in total. The number of morpholine rings is 1. The van der Waals surface area contributed by atoms with E-state index in [1.54, 1.807) is 0 Å². The van der Waals surface area contributed by atoms with Crippen LogP contribution in [0.25, 0.3) is 0 Å². The summed E-state index contributed by atoms with van der Waals surface area (Å²) in [5.41, 5.74) is 0. The normalized spacial score (nSPS) is 31.5. The van der Waals surface area contributed by atoms with Crippen LogP contribution < -0.4 is 10.6 Å². The Kier molecular flexibility index (Phi) is 10.1. The Balaban J connectivity index is 1.77. The molecule has 1 aliphatic carbocycles. The van der Waals surface area contributed by atoms with Crippen molar-refractivity contribution in [3.8, 4) is 0 Å². The fourth-order valence-corrected chi connectivity index (χ4v) is 5.56. The molecule has 1 aliphatic heterocycles. The Hall–Kier alpha value is -0.660. The zero-order chi connectivity index (χ0) is 19.6. The van der Waals surface area contributed by atoms with Crippen LogP contribution in [0.2, 0.25) is 0 Å². The highest BCUT2D eigenvalue weighted by molar-refractivity contribution is 7.85. The van der Waals surface area contributed by atoms with Gasteiger partial charge in [0.1, 0.15) is 0 Å². The predicted molar refractivity (Wildman–Crippen MR) is 115 cm³/mol. The third-order valence-electron chi connectivity index (χ3n) is 5.37. The fraction of sp³-hybridized carbons (Fsp3) is 0.950. The Morgan fingerprint density at radius 1 is 1.22 bits per heavy atom. The third kappa shape index (κ3) is 8.08. The van der Waals surface area contributed by atoms with Crippen LogP contribution in [0.4, 0.5) is 0 Å². The fourth-order valence-electron chi connectivity index (χ4n) is 4.22. The first-order valence-corrected chi connectivity index (χ1v) is 12.2. The largest absolute Gasteiger partial charge is 0.373 e. The van der Waals surface area contributed by atoms with Gasteiger partial charge in [-0.2, -0.15) is 0 Å². The van der Waals surface area contributed by atoms with Gasteiger partial charge in [-0.3, -0.25) is 14.1 Å². The molecule has 0 spiro atoms. The van der Waals surface area contributed by atoms with E-state index in [1.807, 2.05) is 6.92 Å². The Morgan fingerprint density at radius 3 is 2.63 bits per heavy atom. The molecule has 5 unspecified atom stereocenters. The molecule has 2 aliphatic rings. The number of nitrogens with zero attached hydrogens (tertiary/aromatic N) is 2. The zero-order valence-electron chi connectivity index (χ0n) is 17.7. The van der Waals surface area contributed by atoms with Gasteiger partial charge in [-0.15, -0.1) is 0 Å². The summed E-state index contributed by atoms with van der Waals surface area (Å²) in [4.78, 5) is 7.27. The molecule has 0 bridgehead atoms. The number of hydrogen-bond acceptors (Lipinski definition) is 4. The van der Waals surface area contributed by atoms with Crippen molar-refractivity contribution in [3.05, 3.63) is 0 Å². The SMILES string of the molecule is CCNC(=NCCCN1CC(C)OC(C)C1)NC1CCCC(S(=O)CC)C1. The van der Waals surface area contributed by atoms with E-state index in [0.717, 1.165) is 76.5 Å². The maximum Gasteiger partial charge on any atom is 0.191 e. The summed E-state index contributed by atoms with van der Waals surface area (Å²) in [7, 11) is -0.684. The van der Waals surface area contributed by atoms with E-state index in [4.69, 9.17) is 9.73 Å². The van der Waals surface area contributed by atoms with Crippen molar-refractivity contribution >= 4 is 16.8 Å². The Labute approximate surface area is 168 Å². The maximum atomic E-state index is 12.2. The summed E-state index contributed by atoms with van der Waals surface area (Å²) in [6.07, 6.45) is 6.10. The van der Waals surface area contributed by atoms with Crippen LogP contribution in [0.15, 0.2) is 4.99 Å². The molecule has 0 aromatic heterocycles. The van der Waals surface area contributed by atoms with Crippen molar-refractivity contribution in [1.29, 1.82) is 0 Å². The molecule has 2 fully saturated rings. The van der Waals surface area contributed by atoms with Crippen LogP contribution in [0.3, 0.4) is 0 Å². The summed E-state index contributed by atoms with van der Waals surface area (Å²) in [6, 6.07) is 0.387. The molecule has 0 radical (unpaired) electrons. The molecular formula is C20H40N4O2S. The molecule has 1 saturated carbocycles. The van der Waals surface area contributed by atoms with E-state index < -0.39 is 10.8 Å². The predicted octanol–water partition coefficient (Wildman–Crippen LogP) is 2.12. The summed E-state index contributed by atoms with van der Waals surface area (Å²) in [5.74, 6) is 1.68. The van der Waals surface area contributed by atoms with Crippen LogP contribution in [-0.2, 0) is 15.5 Å². The minimum Gasteiger partial charge on any atom is -0.373 e. The first kappa shape index (κ1) is 22.6. The molecule has 6 nitrogen and oxygen atoms in total.